The Labute approximate surface area is 140 Å². The number of carboxylic acids is 1. The summed E-state index contributed by atoms with van der Waals surface area (Å²) in [6.45, 7) is -0.320. The summed E-state index contributed by atoms with van der Waals surface area (Å²) >= 11 is 0. The molecule has 0 spiro atoms. The molecule has 1 aliphatic carbocycles. The number of hydrogen-bond donors (Lipinski definition) is 1. The summed E-state index contributed by atoms with van der Waals surface area (Å²) in [6, 6.07) is 1.09. The van der Waals surface area contributed by atoms with E-state index in [1.54, 1.807) is 0 Å². The Hall–Kier alpha value is -2.19. The van der Waals surface area contributed by atoms with E-state index in [1.807, 2.05) is 0 Å². The van der Waals surface area contributed by atoms with Crippen molar-refractivity contribution in [3.8, 4) is 0 Å². The van der Waals surface area contributed by atoms with E-state index in [9.17, 15) is 27.2 Å². The summed E-state index contributed by atoms with van der Waals surface area (Å²) in [5.74, 6) is -2.08. The molecule has 5 nitrogen and oxygen atoms in total. The van der Waals surface area contributed by atoms with E-state index in [0.29, 0.717) is 18.9 Å². The molecule has 1 aliphatic heterocycles. The number of amides is 1. The molecule has 25 heavy (non-hydrogen) atoms. The molecule has 2 heterocycles. The molecule has 2 fully saturated rings. The smallest absolute Gasteiger partial charge is 0.433 e. The minimum Gasteiger partial charge on any atom is -0.481 e. The van der Waals surface area contributed by atoms with Crippen LogP contribution in [0.4, 0.5) is 17.6 Å². The lowest BCUT2D eigenvalue weighted by atomic mass is 10.1. The standard InChI is InChI=1S/C16H16F4N2O3/c17-10-5-11(6-14(23)24)22(7-10)15(25)9-3-12(8-1-2-8)21-13(4-9)16(18,19)20/h3-4,8,10-11H,1-2,5-7H2,(H,23,24)/t10-,11-/m0/s1. The number of carboxylic acid groups (broad SMARTS) is 1. The number of hydrogen-bond acceptors (Lipinski definition) is 3. The summed E-state index contributed by atoms with van der Waals surface area (Å²) in [5, 5.41) is 8.89. The van der Waals surface area contributed by atoms with Gasteiger partial charge in [0.25, 0.3) is 5.91 Å². The largest absolute Gasteiger partial charge is 0.481 e. The van der Waals surface area contributed by atoms with Crippen LogP contribution in [0.3, 0.4) is 0 Å². The van der Waals surface area contributed by atoms with Crippen LogP contribution in [0, 0.1) is 0 Å². The van der Waals surface area contributed by atoms with Crippen molar-refractivity contribution in [3.63, 3.8) is 0 Å². The van der Waals surface area contributed by atoms with Crippen molar-refractivity contribution in [2.24, 2.45) is 0 Å². The number of alkyl halides is 4. The zero-order valence-corrected chi connectivity index (χ0v) is 13.1. The Morgan fingerprint density at radius 1 is 1.28 bits per heavy atom. The lowest BCUT2D eigenvalue weighted by molar-refractivity contribution is -0.141. The molecule has 2 atom stereocenters. The van der Waals surface area contributed by atoms with Crippen LogP contribution in [0.5, 0.6) is 0 Å². The second kappa shape index (κ2) is 6.27. The number of aliphatic carboxylic acids is 1. The molecule has 1 saturated heterocycles. The second-order valence-corrected chi connectivity index (χ2v) is 6.48. The van der Waals surface area contributed by atoms with Crippen LogP contribution in [0.1, 0.15) is 53.3 Å². The third kappa shape index (κ3) is 3.91. The fourth-order valence-electron chi connectivity index (χ4n) is 3.08. The van der Waals surface area contributed by atoms with Crippen molar-refractivity contribution >= 4 is 11.9 Å². The molecular formula is C16H16F4N2O3. The van der Waals surface area contributed by atoms with E-state index >= 15 is 0 Å². The van der Waals surface area contributed by atoms with Gasteiger partial charge in [-0.15, -0.1) is 0 Å². The number of carbonyl (C=O) groups excluding carboxylic acids is 1. The number of pyridine rings is 1. The van der Waals surface area contributed by atoms with Gasteiger partial charge in [-0.1, -0.05) is 0 Å². The third-order valence-electron chi connectivity index (χ3n) is 4.41. The van der Waals surface area contributed by atoms with Crippen molar-refractivity contribution in [2.45, 2.75) is 50.0 Å². The van der Waals surface area contributed by atoms with Gasteiger partial charge in [0.05, 0.1) is 13.0 Å². The minimum atomic E-state index is -4.70. The number of carbonyl (C=O) groups is 2. The van der Waals surface area contributed by atoms with Gasteiger partial charge in [-0.3, -0.25) is 9.59 Å². The van der Waals surface area contributed by atoms with Gasteiger partial charge in [0.15, 0.2) is 0 Å². The highest BCUT2D eigenvalue weighted by molar-refractivity contribution is 5.95. The normalized spacial score (nSPS) is 23.8. The van der Waals surface area contributed by atoms with Crippen LogP contribution < -0.4 is 0 Å². The molecule has 0 aromatic carbocycles. The van der Waals surface area contributed by atoms with Crippen molar-refractivity contribution in [2.75, 3.05) is 6.54 Å². The molecule has 1 aromatic rings. The van der Waals surface area contributed by atoms with Gasteiger partial charge >= 0.3 is 12.1 Å². The first-order chi connectivity index (χ1) is 11.6. The highest BCUT2D eigenvalue weighted by Gasteiger charge is 2.40. The molecule has 0 unspecified atom stereocenters. The number of halogens is 4. The van der Waals surface area contributed by atoms with Crippen molar-refractivity contribution in [3.05, 3.63) is 29.1 Å². The van der Waals surface area contributed by atoms with Crippen LogP contribution in [0.25, 0.3) is 0 Å². The van der Waals surface area contributed by atoms with Crippen LogP contribution in [-0.2, 0) is 11.0 Å². The van der Waals surface area contributed by atoms with Crippen LogP contribution in [0.2, 0.25) is 0 Å². The molecule has 3 rings (SSSR count). The first-order valence-corrected chi connectivity index (χ1v) is 7.91. The summed E-state index contributed by atoms with van der Waals surface area (Å²) in [6.07, 6.45) is -5.25. The maximum atomic E-state index is 13.7. The van der Waals surface area contributed by atoms with Gasteiger partial charge in [0.1, 0.15) is 11.9 Å². The molecule has 2 aliphatic rings. The number of likely N-dealkylation sites (tertiary alicyclic amines) is 1. The van der Waals surface area contributed by atoms with E-state index in [2.05, 4.69) is 4.98 Å². The lowest BCUT2D eigenvalue weighted by Gasteiger charge is -2.23. The highest BCUT2D eigenvalue weighted by atomic mass is 19.4. The molecule has 1 aromatic heterocycles. The molecule has 1 N–H and O–H groups in total. The summed E-state index contributed by atoms with van der Waals surface area (Å²) in [7, 11) is 0. The van der Waals surface area contributed by atoms with Crippen molar-refractivity contribution in [1.29, 1.82) is 0 Å². The third-order valence-corrected chi connectivity index (χ3v) is 4.41. The molecule has 1 saturated carbocycles. The Morgan fingerprint density at radius 2 is 1.96 bits per heavy atom. The number of nitrogens with zero attached hydrogens (tertiary/aromatic N) is 2. The van der Waals surface area contributed by atoms with Crippen LogP contribution in [-0.4, -0.2) is 45.6 Å². The van der Waals surface area contributed by atoms with E-state index in [-0.39, 0.29) is 30.1 Å². The Bertz CT molecular complexity index is 703. The summed E-state index contributed by atoms with van der Waals surface area (Å²) in [5.41, 5.74) is -1.19. The molecule has 9 heteroatoms. The average molecular weight is 360 g/mol. The fourth-order valence-corrected chi connectivity index (χ4v) is 3.08. The van der Waals surface area contributed by atoms with Gasteiger partial charge in [-0.2, -0.15) is 13.2 Å². The van der Waals surface area contributed by atoms with Gasteiger partial charge in [0.2, 0.25) is 0 Å². The SMILES string of the molecule is O=C(O)C[C@@H]1C[C@H](F)CN1C(=O)c1cc(C2CC2)nc(C(F)(F)F)c1. The average Bonchev–Trinajstić information content (AvgIpc) is 3.29. The Balaban J connectivity index is 1.92. The molecule has 0 bridgehead atoms. The number of rotatable bonds is 4. The minimum absolute atomic E-state index is 0.101. The molecule has 0 radical (unpaired) electrons. The van der Waals surface area contributed by atoms with E-state index < -0.39 is 42.4 Å². The molecule has 136 valence electrons. The Morgan fingerprint density at radius 3 is 2.52 bits per heavy atom. The monoisotopic (exact) mass is 360 g/mol. The Kier molecular flexibility index (Phi) is 4.42. The van der Waals surface area contributed by atoms with E-state index in [4.69, 9.17) is 5.11 Å². The molecule has 1 amide bonds. The fraction of sp³-hybridized carbons (Fsp3) is 0.562. The van der Waals surface area contributed by atoms with Gasteiger partial charge in [0, 0.05) is 29.6 Å². The first-order valence-electron chi connectivity index (χ1n) is 7.91. The van der Waals surface area contributed by atoms with Gasteiger partial charge < -0.3 is 10.0 Å². The van der Waals surface area contributed by atoms with E-state index in [0.717, 1.165) is 4.90 Å². The number of aromatic nitrogens is 1. The molecular weight excluding hydrogens is 344 g/mol. The van der Waals surface area contributed by atoms with Gasteiger partial charge in [-0.05, 0) is 25.0 Å². The highest BCUT2D eigenvalue weighted by Crippen LogP contribution is 2.41. The van der Waals surface area contributed by atoms with Gasteiger partial charge in [-0.25, -0.2) is 9.37 Å². The predicted molar refractivity (Wildman–Crippen MR) is 77.8 cm³/mol. The maximum absolute atomic E-state index is 13.7. The summed E-state index contributed by atoms with van der Waals surface area (Å²) < 4.78 is 52.8. The zero-order valence-electron chi connectivity index (χ0n) is 13.1. The summed E-state index contributed by atoms with van der Waals surface area (Å²) in [4.78, 5) is 28.1. The lowest BCUT2D eigenvalue weighted by Crippen LogP contribution is -2.37. The quantitative estimate of drug-likeness (QED) is 0.838. The zero-order chi connectivity index (χ0) is 18.4. The van der Waals surface area contributed by atoms with Crippen LogP contribution >= 0.6 is 0 Å². The van der Waals surface area contributed by atoms with Crippen LogP contribution in [0.15, 0.2) is 12.1 Å². The van der Waals surface area contributed by atoms with Crippen molar-refractivity contribution in [1.82, 2.24) is 9.88 Å². The first kappa shape index (κ1) is 17.6. The topological polar surface area (TPSA) is 70.5 Å². The van der Waals surface area contributed by atoms with Crippen molar-refractivity contribution < 1.29 is 32.3 Å². The second-order valence-electron chi connectivity index (χ2n) is 6.48. The van der Waals surface area contributed by atoms with E-state index in [1.165, 1.54) is 6.07 Å². The predicted octanol–water partition coefficient (Wildman–Crippen LogP) is 3.01. The maximum Gasteiger partial charge on any atom is 0.433 e.